The fourth-order valence-corrected chi connectivity index (χ4v) is 5.29. The molecule has 0 unspecified atom stereocenters. The van der Waals surface area contributed by atoms with Gasteiger partial charge in [-0.3, -0.25) is 14.6 Å². The minimum atomic E-state index is -0.570. The van der Waals surface area contributed by atoms with E-state index in [1.807, 2.05) is 80.7 Å². The van der Waals surface area contributed by atoms with Crippen molar-refractivity contribution in [1.29, 1.82) is 0 Å². The second kappa shape index (κ2) is 12.1. The van der Waals surface area contributed by atoms with E-state index >= 15 is 0 Å². The van der Waals surface area contributed by atoms with Crippen LogP contribution in [0.5, 0.6) is 0 Å². The molecule has 2 heterocycles. The molecule has 9 nitrogen and oxygen atoms in total. The Balaban J connectivity index is 1.14. The van der Waals surface area contributed by atoms with Gasteiger partial charge in [-0.15, -0.1) is 11.3 Å². The van der Waals surface area contributed by atoms with Crippen molar-refractivity contribution in [2.24, 2.45) is 0 Å². The number of anilines is 1. The van der Waals surface area contributed by atoms with Crippen LogP contribution in [0, 0.1) is 0 Å². The van der Waals surface area contributed by atoms with E-state index in [0.717, 1.165) is 40.8 Å². The third-order valence-corrected chi connectivity index (χ3v) is 7.65. The minimum Gasteiger partial charge on any atom is -0.444 e. The second-order valence-corrected chi connectivity index (χ2v) is 12.2. The summed E-state index contributed by atoms with van der Waals surface area (Å²) < 4.78 is 5.34. The monoisotopic (exact) mass is 583 g/mol. The van der Waals surface area contributed by atoms with Crippen LogP contribution < -0.4 is 16.0 Å². The van der Waals surface area contributed by atoms with Crippen molar-refractivity contribution in [2.45, 2.75) is 44.6 Å². The van der Waals surface area contributed by atoms with Gasteiger partial charge in [0.05, 0.1) is 12.2 Å². The van der Waals surface area contributed by atoms with Crippen molar-refractivity contribution in [2.75, 3.05) is 18.4 Å². The summed E-state index contributed by atoms with van der Waals surface area (Å²) in [6, 6.07) is 19.2. The van der Waals surface area contributed by atoms with Gasteiger partial charge in [-0.25, -0.2) is 9.78 Å². The standard InChI is InChI=1S/C32H33N5O4S/c1-31(2,3)41-30(40)35-20-32(12-13-32)25-9-5-8-24(17-25)28(39)34-18-27(38)37-29-36-26(19-42-29)23-7-4-6-22(16-23)21-10-14-33-15-11-21/h4-11,14-17,19H,12-13,18,20H2,1-3H3,(H,34,39)(H,35,40)(H,36,37,38). The van der Waals surface area contributed by atoms with Crippen LogP contribution in [0.4, 0.5) is 9.93 Å². The molecule has 2 aromatic heterocycles. The zero-order valence-electron chi connectivity index (χ0n) is 23.8. The van der Waals surface area contributed by atoms with Crippen molar-refractivity contribution >= 4 is 34.4 Å². The molecule has 10 heteroatoms. The topological polar surface area (TPSA) is 122 Å². The number of rotatable bonds is 9. The quantitative estimate of drug-likeness (QED) is 0.229. The first-order chi connectivity index (χ1) is 20.1. The first-order valence-electron chi connectivity index (χ1n) is 13.7. The number of nitrogens with one attached hydrogen (secondary N) is 3. The molecule has 0 spiro atoms. The van der Waals surface area contributed by atoms with Gasteiger partial charge in [0.25, 0.3) is 5.91 Å². The molecular formula is C32H33N5O4S. The molecule has 1 aliphatic rings. The maximum Gasteiger partial charge on any atom is 0.407 e. The van der Waals surface area contributed by atoms with Crippen molar-refractivity contribution in [3.05, 3.63) is 89.6 Å². The third-order valence-electron chi connectivity index (χ3n) is 6.89. The fraction of sp³-hybridized carbons (Fsp3) is 0.281. The molecule has 0 aliphatic heterocycles. The number of aromatic nitrogens is 2. The van der Waals surface area contributed by atoms with E-state index in [2.05, 4.69) is 25.9 Å². The second-order valence-electron chi connectivity index (χ2n) is 11.3. The molecule has 5 rings (SSSR count). The van der Waals surface area contributed by atoms with Crippen molar-refractivity contribution < 1.29 is 19.1 Å². The summed E-state index contributed by atoms with van der Waals surface area (Å²) in [5.41, 5.74) is 4.43. The Morgan fingerprint density at radius 2 is 1.67 bits per heavy atom. The van der Waals surface area contributed by atoms with Gasteiger partial charge in [-0.2, -0.15) is 0 Å². The summed E-state index contributed by atoms with van der Waals surface area (Å²) in [6.07, 6.45) is 4.86. The number of pyridine rings is 1. The summed E-state index contributed by atoms with van der Waals surface area (Å²) in [5.74, 6) is -0.721. The number of carbonyl (C=O) groups excluding carboxylic acids is 3. The predicted octanol–water partition coefficient (Wildman–Crippen LogP) is 5.80. The van der Waals surface area contributed by atoms with Crippen molar-refractivity contribution in [1.82, 2.24) is 20.6 Å². The van der Waals surface area contributed by atoms with Gasteiger partial charge in [-0.05, 0) is 80.6 Å². The minimum absolute atomic E-state index is 0.194. The summed E-state index contributed by atoms with van der Waals surface area (Å²) in [7, 11) is 0. The zero-order valence-corrected chi connectivity index (χ0v) is 24.6. The van der Waals surface area contributed by atoms with Crippen LogP contribution in [0.3, 0.4) is 0 Å². The van der Waals surface area contributed by atoms with E-state index in [1.54, 1.807) is 18.5 Å². The maximum atomic E-state index is 12.9. The third kappa shape index (κ3) is 7.38. The highest BCUT2D eigenvalue weighted by Gasteiger charge is 2.44. The van der Waals surface area contributed by atoms with Gasteiger partial charge in [0.1, 0.15) is 5.60 Å². The normalized spacial score (nSPS) is 13.6. The number of nitrogens with zero attached hydrogens (tertiary/aromatic N) is 2. The van der Waals surface area contributed by atoms with Crippen molar-refractivity contribution in [3.63, 3.8) is 0 Å². The van der Waals surface area contributed by atoms with E-state index in [-0.39, 0.29) is 23.8 Å². The van der Waals surface area contributed by atoms with Crippen LogP contribution in [0.1, 0.15) is 49.5 Å². The lowest BCUT2D eigenvalue weighted by Gasteiger charge is -2.22. The molecule has 3 amide bonds. The van der Waals surface area contributed by atoms with E-state index in [4.69, 9.17) is 4.74 Å². The smallest absolute Gasteiger partial charge is 0.407 e. The molecule has 42 heavy (non-hydrogen) atoms. The highest BCUT2D eigenvalue weighted by molar-refractivity contribution is 7.14. The molecule has 0 saturated heterocycles. The molecule has 1 aliphatic carbocycles. The molecular weight excluding hydrogens is 550 g/mol. The van der Waals surface area contributed by atoms with E-state index in [0.29, 0.717) is 17.2 Å². The lowest BCUT2D eigenvalue weighted by atomic mass is 9.94. The van der Waals surface area contributed by atoms with Crippen LogP contribution in [-0.2, 0) is 14.9 Å². The molecule has 1 fully saturated rings. The van der Waals surface area contributed by atoms with Gasteiger partial charge in [0, 0.05) is 40.9 Å². The molecule has 0 bridgehead atoms. The fourth-order valence-electron chi connectivity index (χ4n) is 4.56. The number of amides is 3. The lowest BCUT2D eigenvalue weighted by Crippen LogP contribution is -2.37. The Morgan fingerprint density at radius 1 is 0.929 bits per heavy atom. The molecule has 216 valence electrons. The molecule has 3 N–H and O–H groups in total. The molecule has 1 saturated carbocycles. The highest BCUT2D eigenvalue weighted by atomic mass is 32.1. The van der Waals surface area contributed by atoms with Crippen LogP contribution in [0.15, 0.2) is 78.4 Å². The summed E-state index contributed by atoms with van der Waals surface area (Å²) in [5, 5.41) is 10.6. The SMILES string of the molecule is CC(C)(C)OC(=O)NCC1(c2cccc(C(=O)NCC(=O)Nc3nc(-c4cccc(-c5ccncc5)c4)cs3)c2)CC1. The van der Waals surface area contributed by atoms with E-state index < -0.39 is 11.7 Å². The number of benzene rings is 2. The van der Waals surface area contributed by atoms with Gasteiger partial charge < -0.3 is 20.7 Å². The Bertz CT molecular complexity index is 1590. The first-order valence-corrected chi connectivity index (χ1v) is 14.6. The van der Waals surface area contributed by atoms with Gasteiger partial charge in [0.2, 0.25) is 5.91 Å². The van der Waals surface area contributed by atoms with Crippen LogP contribution in [0.2, 0.25) is 0 Å². The van der Waals surface area contributed by atoms with E-state index in [9.17, 15) is 14.4 Å². The number of ether oxygens (including phenoxy) is 1. The number of thiazole rings is 1. The number of hydrogen-bond acceptors (Lipinski definition) is 7. The summed E-state index contributed by atoms with van der Waals surface area (Å²) in [6.45, 7) is 5.70. The van der Waals surface area contributed by atoms with Crippen LogP contribution in [0.25, 0.3) is 22.4 Å². The maximum absolute atomic E-state index is 12.9. The Morgan fingerprint density at radius 3 is 2.40 bits per heavy atom. The summed E-state index contributed by atoms with van der Waals surface area (Å²) >= 11 is 1.32. The first kappa shape index (κ1) is 28.9. The van der Waals surface area contributed by atoms with Crippen LogP contribution in [-0.4, -0.2) is 46.6 Å². The Kier molecular flexibility index (Phi) is 8.35. The average molecular weight is 584 g/mol. The molecule has 4 aromatic rings. The highest BCUT2D eigenvalue weighted by Crippen LogP contribution is 2.47. The largest absolute Gasteiger partial charge is 0.444 e. The predicted molar refractivity (Wildman–Crippen MR) is 163 cm³/mol. The van der Waals surface area contributed by atoms with Crippen LogP contribution >= 0.6 is 11.3 Å². The number of alkyl carbamates (subject to hydrolysis) is 1. The molecule has 0 atom stereocenters. The molecule has 2 aromatic carbocycles. The lowest BCUT2D eigenvalue weighted by molar-refractivity contribution is -0.115. The van der Waals surface area contributed by atoms with Gasteiger partial charge >= 0.3 is 6.09 Å². The molecule has 0 radical (unpaired) electrons. The average Bonchev–Trinajstić information content (AvgIpc) is 3.64. The number of hydrogen-bond donors (Lipinski definition) is 3. The Labute approximate surface area is 248 Å². The van der Waals surface area contributed by atoms with Gasteiger partial charge in [0.15, 0.2) is 5.13 Å². The summed E-state index contributed by atoms with van der Waals surface area (Å²) in [4.78, 5) is 46.2. The number of carbonyl (C=O) groups is 3. The zero-order chi connectivity index (χ0) is 29.7. The van der Waals surface area contributed by atoms with Gasteiger partial charge in [-0.1, -0.05) is 30.3 Å². The Hall–Kier alpha value is -4.57. The van der Waals surface area contributed by atoms with Crippen molar-refractivity contribution in [3.8, 4) is 22.4 Å². The van der Waals surface area contributed by atoms with E-state index in [1.165, 1.54) is 11.3 Å².